The van der Waals surface area contributed by atoms with Crippen molar-refractivity contribution in [2.75, 3.05) is 37.1 Å². The molecule has 4 aliphatic heterocycles. The largest absolute Gasteiger partial charge is 0.324 e. The van der Waals surface area contributed by atoms with Gasteiger partial charge in [-0.15, -0.1) is 11.8 Å². The predicted molar refractivity (Wildman–Crippen MR) is 155 cm³/mol. The van der Waals surface area contributed by atoms with Crippen LogP contribution >= 0.6 is 11.8 Å². The molecule has 0 unspecified atom stereocenters. The number of nitro benzene ring substituents is 1. The number of ketones is 1. The van der Waals surface area contributed by atoms with E-state index >= 15 is 4.79 Å². The highest BCUT2D eigenvalue weighted by atomic mass is 32.2. The van der Waals surface area contributed by atoms with E-state index < -0.39 is 15.9 Å². The number of likely N-dealkylation sites (tertiary alicyclic amines) is 1. The van der Waals surface area contributed by atoms with Crippen molar-refractivity contribution in [2.24, 2.45) is 5.41 Å². The van der Waals surface area contributed by atoms with Crippen LogP contribution in [-0.4, -0.2) is 64.2 Å². The number of thioether (sulfide) groups is 1. The molecule has 1 amide bonds. The molecule has 0 saturated carbocycles. The Balaban J connectivity index is 1.55. The zero-order chi connectivity index (χ0) is 27.6. The first-order chi connectivity index (χ1) is 19.4. The van der Waals surface area contributed by atoms with Gasteiger partial charge in [0, 0.05) is 65.6 Å². The summed E-state index contributed by atoms with van der Waals surface area (Å²) in [5, 5.41) is 15.0. The van der Waals surface area contributed by atoms with Crippen LogP contribution in [0.15, 0.2) is 84.4 Å². The summed E-state index contributed by atoms with van der Waals surface area (Å²) in [6.07, 6.45) is 1.94. The van der Waals surface area contributed by atoms with Gasteiger partial charge in [-0.05, 0) is 30.3 Å². The van der Waals surface area contributed by atoms with Gasteiger partial charge in [-0.25, -0.2) is 0 Å². The molecule has 0 aromatic heterocycles. The van der Waals surface area contributed by atoms with Crippen molar-refractivity contribution in [3.63, 3.8) is 0 Å². The Hall–Kier alpha value is -3.79. The summed E-state index contributed by atoms with van der Waals surface area (Å²) in [6, 6.07) is 24.2. The third-order valence-electron chi connectivity index (χ3n) is 9.05. The Morgan fingerprint density at radius 3 is 2.50 bits per heavy atom. The lowest BCUT2D eigenvalue weighted by atomic mass is 9.55. The molecular weight excluding hydrogens is 524 g/mol. The van der Waals surface area contributed by atoms with Gasteiger partial charge in [0.25, 0.3) is 11.6 Å². The Morgan fingerprint density at radius 1 is 1.05 bits per heavy atom. The molecule has 8 nitrogen and oxygen atoms in total. The van der Waals surface area contributed by atoms with Crippen LogP contribution in [0.2, 0.25) is 0 Å². The van der Waals surface area contributed by atoms with Crippen molar-refractivity contribution in [1.82, 2.24) is 9.80 Å². The van der Waals surface area contributed by atoms with Crippen molar-refractivity contribution in [3.05, 3.63) is 111 Å². The number of Topliss-reactive ketones (excluding diaryl/α,β-unsaturated/α-hetero) is 1. The lowest BCUT2D eigenvalue weighted by molar-refractivity contribution is -0.385. The fraction of sp³-hybridized carbons (Fsp3) is 0.290. The summed E-state index contributed by atoms with van der Waals surface area (Å²) in [5.74, 6) is 0.679. The number of amides is 1. The van der Waals surface area contributed by atoms with E-state index in [4.69, 9.17) is 0 Å². The number of likely N-dealkylation sites (N-methyl/N-ethyl adjacent to an activating group) is 1. The molecule has 4 aliphatic rings. The van der Waals surface area contributed by atoms with Gasteiger partial charge in [0.15, 0.2) is 5.78 Å². The van der Waals surface area contributed by atoms with Gasteiger partial charge in [0.2, 0.25) is 0 Å². The number of hydrogen-bond donors (Lipinski definition) is 1. The van der Waals surface area contributed by atoms with Crippen LogP contribution in [0.1, 0.15) is 22.6 Å². The van der Waals surface area contributed by atoms with E-state index in [9.17, 15) is 14.9 Å². The molecule has 40 heavy (non-hydrogen) atoms. The van der Waals surface area contributed by atoms with Crippen LogP contribution < -0.4 is 5.32 Å². The Kier molecular flexibility index (Phi) is 5.75. The van der Waals surface area contributed by atoms with Crippen LogP contribution in [0, 0.1) is 15.5 Å². The molecule has 3 fully saturated rings. The van der Waals surface area contributed by atoms with Crippen molar-refractivity contribution < 1.29 is 14.5 Å². The molecule has 3 aromatic rings. The standard InChI is InChI=1S/C31H28N4O4S/c1-33-16-22(14-20-8-4-2-5-9-20)28(36)30(18-33)27(21-10-6-3-7-11-21)26-17-40-19-34(26)31(30)24-15-23(35(38)39)12-13-25(24)32-29(31)37/h2-15,26-27H,16-19H2,1H3,(H,32,37)/b22-14+/t26-,27-,30-,31-/m0/s1. The molecule has 1 N–H and O–H groups in total. The summed E-state index contributed by atoms with van der Waals surface area (Å²) < 4.78 is 0. The summed E-state index contributed by atoms with van der Waals surface area (Å²) in [4.78, 5) is 45.5. The maximum atomic E-state index is 15.2. The number of nitro groups is 1. The van der Waals surface area contributed by atoms with Crippen molar-refractivity contribution in [2.45, 2.75) is 17.5 Å². The minimum atomic E-state index is -1.40. The molecular formula is C31H28N4O4S. The lowest BCUT2D eigenvalue weighted by Gasteiger charge is -2.51. The van der Waals surface area contributed by atoms with Gasteiger partial charge >= 0.3 is 0 Å². The third-order valence-corrected chi connectivity index (χ3v) is 10.1. The molecule has 4 heterocycles. The Bertz CT molecular complexity index is 1580. The van der Waals surface area contributed by atoms with Crippen molar-refractivity contribution in [3.8, 4) is 0 Å². The number of anilines is 1. The van der Waals surface area contributed by atoms with Crippen LogP contribution in [0.25, 0.3) is 6.08 Å². The molecule has 7 rings (SSSR count). The molecule has 0 radical (unpaired) electrons. The van der Waals surface area contributed by atoms with E-state index in [0.29, 0.717) is 35.8 Å². The molecule has 3 saturated heterocycles. The number of nitrogens with zero attached hydrogens (tertiary/aromatic N) is 3. The molecule has 2 spiro atoms. The second-order valence-corrected chi connectivity index (χ2v) is 12.1. The average molecular weight is 553 g/mol. The number of nitrogens with one attached hydrogen (secondary N) is 1. The zero-order valence-electron chi connectivity index (χ0n) is 21.9. The van der Waals surface area contributed by atoms with Crippen LogP contribution in [0.4, 0.5) is 11.4 Å². The molecule has 202 valence electrons. The monoisotopic (exact) mass is 552 g/mol. The van der Waals surface area contributed by atoms with Crippen LogP contribution in [0.5, 0.6) is 0 Å². The van der Waals surface area contributed by atoms with E-state index in [1.165, 1.54) is 12.1 Å². The normalized spacial score (nSPS) is 30.7. The van der Waals surface area contributed by atoms with Crippen molar-refractivity contribution in [1.29, 1.82) is 0 Å². The van der Waals surface area contributed by atoms with E-state index in [-0.39, 0.29) is 29.3 Å². The maximum Gasteiger partial charge on any atom is 0.269 e. The molecule has 0 bridgehead atoms. The smallest absolute Gasteiger partial charge is 0.269 e. The van der Waals surface area contributed by atoms with E-state index in [1.807, 2.05) is 61.7 Å². The summed E-state index contributed by atoms with van der Waals surface area (Å²) in [5.41, 5.74) is 0.930. The number of non-ortho nitro benzene ring substituents is 1. The molecule has 9 heteroatoms. The second-order valence-electron chi connectivity index (χ2n) is 11.1. The summed E-state index contributed by atoms with van der Waals surface area (Å²) in [6.45, 7) is 0.806. The highest BCUT2D eigenvalue weighted by Gasteiger charge is 2.78. The first-order valence-electron chi connectivity index (χ1n) is 13.4. The Morgan fingerprint density at radius 2 is 1.77 bits per heavy atom. The lowest BCUT2D eigenvalue weighted by Crippen LogP contribution is -2.65. The van der Waals surface area contributed by atoms with Crippen molar-refractivity contribution >= 4 is 40.9 Å². The SMILES string of the molecule is CN1C/C(=C\c2ccccc2)C(=O)[C@]2(C1)[C@@H](c1ccccc1)[C@@H]1CSCN1[C@@]21C(=O)Nc2ccc([N+](=O)[O-])cc21. The first kappa shape index (κ1) is 25.2. The Labute approximate surface area is 236 Å². The molecule has 4 atom stereocenters. The first-order valence-corrected chi connectivity index (χ1v) is 14.5. The van der Waals surface area contributed by atoms with E-state index in [1.54, 1.807) is 17.8 Å². The quantitative estimate of drug-likeness (QED) is 0.290. The number of carbonyl (C=O) groups excluding carboxylic acids is 2. The third kappa shape index (κ3) is 3.28. The number of rotatable bonds is 3. The highest BCUT2D eigenvalue weighted by molar-refractivity contribution is 7.99. The number of benzene rings is 3. The van der Waals surface area contributed by atoms with Gasteiger partial charge in [-0.1, -0.05) is 60.7 Å². The second kappa shape index (κ2) is 9.12. The van der Waals surface area contributed by atoms with Gasteiger partial charge in [-0.2, -0.15) is 0 Å². The van der Waals surface area contributed by atoms with E-state index in [0.717, 1.165) is 16.9 Å². The minimum absolute atomic E-state index is 0.0581. The number of carbonyl (C=O) groups is 2. The number of piperidine rings is 1. The molecule has 3 aromatic carbocycles. The number of fused-ring (bicyclic) bond motifs is 5. The van der Waals surface area contributed by atoms with Gasteiger partial charge in [0.05, 0.1) is 10.3 Å². The topological polar surface area (TPSA) is 95.8 Å². The van der Waals surface area contributed by atoms with E-state index in [2.05, 4.69) is 27.2 Å². The van der Waals surface area contributed by atoms with Gasteiger partial charge in [0.1, 0.15) is 5.54 Å². The fourth-order valence-electron chi connectivity index (χ4n) is 7.76. The highest BCUT2D eigenvalue weighted by Crippen LogP contribution is 2.68. The maximum absolute atomic E-state index is 15.2. The number of hydrogen-bond acceptors (Lipinski definition) is 7. The predicted octanol–water partition coefficient (Wildman–Crippen LogP) is 4.50. The minimum Gasteiger partial charge on any atom is -0.324 e. The van der Waals surface area contributed by atoms with Crippen LogP contribution in [-0.2, 0) is 15.1 Å². The van der Waals surface area contributed by atoms with Crippen LogP contribution in [0.3, 0.4) is 0 Å². The van der Waals surface area contributed by atoms with Gasteiger partial charge in [-0.3, -0.25) is 24.6 Å². The zero-order valence-corrected chi connectivity index (χ0v) is 22.8. The average Bonchev–Trinajstić information content (AvgIpc) is 3.60. The fourth-order valence-corrected chi connectivity index (χ4v) is 9.06. The molecule has 0 aliphatic carbocycles. The van der Waals surface area contributed by atoms with Gasteiger partial charge < -0.3 is 10.2 Å². The summed E-state index contributed by atoms with van der Waals surface area (Å²) >= 11 is 1.74. The summed E-state index contributed by atoms with van der Waals surface area (Å²) in [7, 11) is 1.99.